The molecule has 0 saturated carbocycles. The summed E-state index contributed by atoms with van der Waals surface area (Å²) in [5.74, 6) is -1.31. The first-order chi connectivity index (χ1) is 9.10. The van der Waals surface area contributed by atoms with Crippen LogP contribution < -0.4 is 44.1 Å². The van der Waals surface area contributed by atoms with Gasteiger partial charge in [0.2, 0.25) is 0 Å². The van der Waals surface area contributed by atoms with Crippen LogP contribution in [-0.4, -0.2) is 16.8 Å². The van der Waals surface area contributed by atoms with Crippen molar-refractivity contribution >= 4 is 28.3 Å². The zero-order valence-electron chi connectivity index (χ0n) is 10.6. The molecule has 2 aromatic carbocycles. The van der Waals surface area contributed by atoms with Gasteiger partial charge in [-0.05, 0) is 40.7 Å². The van der Waals surface area contributed by atoms with Crippen LogP contribution in [0, 0.1) is 0 Å². The second-order valence-corrected chi connectivity index (χ2v) is 4.44. The number of halogens is 1. The minimum Gasteiger partial charge on any atom is -0.545 e. The molecule has 7 heteroatoms. The Labute approximate surface area is 141 Å². The number of alkyl halides is 1. The van der Waals surface area contributed by atoms with Gasteiger partial charge >= 0.3 is 35.3 Å². The van der Waals surface area contributed by atoms with Gasteiger partial charge in [0.05, 0.1) is 12.6 Å². The summed E-state index contributed by atoms with van der Waals surface area (Å²) >= 11 is 5.74. The number of carboxylic acid groups (broad SMARTS) is 1. The number of benzene rings is 2. The number of aliphatic hydroxyl groups is 1. The van der Waals surface area contributed by atoms with Gasteiger partial charge in [-0.25, -0.2) is 0 Å². The smallest absolute Gasteiger partial charge is 0.545 e. The maximum Gasteiger partial charge on any atom is 1.00 e. The van der Waals surface area contributed by atoms with Crippen LogP contribution in [0.15, 0.2) is 24.3 Å². The van der Waals surface area contributed by atoms with Gasteiger partial charge in [-0.15, -0.1) is 0 Å². The van der Waals surface area contributed by atoms with E-state index in [9.17, 15) is 15.0 Å². The van der Waals surface area contributed by atoms with Gasteiger partial charge < -0.3 is 24.5 Å². The fourth-order valence-electron chi connectivity index (χ4n) is 2.12. The first-order valence-electron chi connectivity index (χ1n) is 5.49. The number of aliphatic hydroxyl groups excluding tert-OH is 1. The zero-order valence-corrected chi connectivity index (χ0v) is 13.3. The molecule has 0 radical (unpaired) electrons. The maximum absolute atomic E-state index is 11.0. The third kappa shape index (κ3) is 2.47. The minimum atomic E-state index is -1.33. The SMILES string of the molecule is O=C([O-])c1cc2ccc3c(c2cc1CO)OC(Cl)O3.[Na+]. The van der Waals surface area contributed by atoms with Gasteiger partial charge in [0.15, 0.2) is 11.5 Å². The first-order valence-corrected chi connectivity index (χ1v) is 5.93. The molecule has 1 aliphatic heterocycles. The largest absolute Gasteiger partial charge is 1.00 e. The van der Waals surface area contributed by atoms with Crippen LogP contribution in [0.4, 0.5) is 0 Å². The van der Waals surface area contributed by atoms with Crippen molar-refractivity contribution in [3.8, 4) is 11.5 Å². The predicted molar refractivity (Wildman–Crippen MR) is 65.1 cm³/mol. The Morgan fingerprint density at radius 2 is 2.10 bits per heavy atom. The Morgan fingerprint density at radius 3 is 2.75 bits per heavy atom. The van der Waals surface area contributed by atoms with E-state index in [1.807, 2.05) is 0 Å². The average molecular weight is 303 g/mol. The predicted octanol–water partition coefficient (Wildman–Crippen LogP) is -2.01. The second kappa shape index (κ2) is 5.79. The Bertz CT molecular complexity index is 688. The number of rotatable bonds is 2. The summed E-state index contributed by atoms with van der Waals surface area (Å²) < 4.78 is 10.5. The van der Waals surface area contributed by atoms with Crippen molar-refractivity contribution in [1.82, 2.24) is 0 Å². The standard InChI is InChI=1S/C13H9ClO5.Na/c14-13-18-10-2-1-6-3-9(12(16)17)7(5-15)4-8(6)11(10)19-13;/h1-4,13,15H,5H2,(H,16,17);/q;+1/p-1. The number of carbonyl (C=O) groups is 1. The third-order valence-electron chi connectivity index (χ3n) is 2.98. The van der Waals surface area contributed by atoms with E-state index in [0.29, 0.717) is 22.3 Å². The molecule has 1 N–H and O–H groups in total. The minimum absolute atomic E-state index is 0. The summed E-state index contributed by atoms with van der Waals surface area (Å²) in [6, 6.07) is 6.32. The molecule has 2 aromatic rings. The van der Waals surface area contributed by atoms with Crippen molar-refractivity contribution in [2.24, 2.45) is 0 Å². The monoisotopic (exact) mass is 302 g/mol. The second-order valence-electron chi connectivity index (χ2n) is 4.08. The van der Waals surface area contributed by atoms with Crippen LogP contribution in [0.3, 0.4) is 0 Å². The molecular formula is C13H8ClNaO5. The van der Waals surface area contributed by atoms with E-state index in [4.69, 9.17) is 21.1 Å². The van der Waals surface area contributed by atoms with Crippen LogP contribution in [0.2, 0.25) is 0 Å². The van der Waals surface area contributed by atoms with Crippen molar-refractivity contribution in [3.05, 3.63) is 35.4 Å². The van der Waals surface area contributed by atoms with Crippen LogP contribution in [-0.2, 0) is 6.61 Å². The molecule has 1 heterocycles. The van der Waals surface area contributed by atoms with Crippen LogP contribution in [0.25, 0.3) is 10.8 Å². The van der Waals surface area contributed by atoms with Crippen molar-refractivity contribution in [1.29, 1.82) is 0 Å². The van der Waals surface area contributed by atoms with Gasteiger partial charge in [-0.3, -0.25) is 0 Å². The summed E-state index contributed by atoms with van der Waals surface area (Å²) in [7, 11) is 0. The zero-order chi connectivity index (χ0) is 13.6. The molecule has 5 nitrogen and oxygen atoms in total. The van der Waals surface area contributed by atoms with Gasteiger partial charge in [0.25, 0.3) is 0 Å². The molecule has 98 valence electrons. The summed E-state index contributed by atoms with van der Waals surface area (Å²) in [4.78, 5) is 11.0. The number of hydrogen-bond donors (Lipinski definition) is 1. The number of fused-ring (bicyclic) bond motifs is 3. The van der Waals surface area contributed by atoms with Crippen molar-refractivity contribution in [2.45, 2.75) is 12.4 Å². The Hall–Kier alpha value is -0.980. The number of ether oxygens (including phenoxy) is 2. The van der Waals surface area contributed by atoms with Crippen LogP contribution in [0.1, 0.15) is 15.9 Å². The number of carboxylic acids is 1. The number of hydrogen-bond acceptors (Lipinski definition) is 5. The molecule has 0 aromatic heterocycles. The van der Waals surface area contributed by atoms with Gasteiger partial charge in [-0.2, -0.15) is 0 Å². The Kier molecular flexibility index (Phi) is 4.46. The molecule has 1 unspecified atom stereocenters. The summed E-state index contributed by atoms with van der Waals surface area (Å²) in [5.41, 5.74) is 0.207. The van der Waals surface area contributed by atoms with E-state index < -0.39 is 18.3 Å². The van der Waals surface area contributed by atoms with E-state index in [-0.39, 0.29) is 40.7 Å². The van der Waals surface area contributed by atoms with Crippen LogP contribution >= 0.6 is 11.6 Å². The molecule has 0 bridgehead atoms. The quantitative estimate of drug-likeness (QED) is 0.512. The fraction of sp³-hybridized carbons (Fsp3) is 0.154. The molecule has 0 saturated heterocycles. The molecule has 1 aliphatic rings. The van der Waals surface area contributed by atoms with Gasteiger partial charge in [0.1, 0.15) is 0 Å². The van der Waals surface area contributed by atoms with E-state index in [1.54, 1.807) is 12.1 Å². The average Bonchev–Trinajstić information content (AvgIpc) is 2.77. The summed E-state index contributed by atoms with van der Waals surface area (Å²) in [5, 5.41) is 21.5. The summed E-state index contributed by atoms with van der Waals surface area (Å²) in [6.45, 7) is -0.409. The third-order valence-corrected chi connectivity index (χ3v) is 3.16. The fourth-order valence-corrected chi connectivity index (χ4v) is 2.31. The molecule has 0 aliphatic carbocycles. The Balaban J connectivity index is 0.00000147. The van der Waals surface area contributed by atoms with E-state index in [2.05, 4.69) is 0 Å². The number of carbonyl (C=O) groups excluding carboxylic acids is 1. The van der Waals surface area contributed by atoms with Gasteiger partial charge in [0, 0.05) is 10.9 Å². The van der Waals surface area contributed by atoms with Crippen molar-refractivity contribution in [2.75, 3.05) is 0 Å². The normalized spacial score (nSPS) is 16.0. The number of aromatic carboxylic acids is 1. The first kappa shape index (κ1) is 15.4. The van der Waals surface area contributed by atoms with Gasteiger partial charge in [-0.1, -0.05) is 6.07 Å². The summed E-state index contributed by atoms with van der Waals surface area (Å²) in [6.07, 6.45) is 0. The van der Waals surface area contributed by atoms with Crippen molar-refractivity contribution in [3.63, 3.8) is 0 Å². The molecule has 3 rings (SSSR count). The maximum atomic E-state index is 11.0. The van der Waals surface area contributed by atoms with E-state index in [1.165, 1.54) is 12.1 Å². The molecule has 0 amide bonds. The topological polar surface area (TPSA) is 78.8 Å². The van der Waals surface area contributed by atoms with Crippen LogP contribution in [0.5, 0.6) is 11.5 Å². The van der Waals surface area contributed by atoms with E-state index >= 15 is 0 Å². The van der Waals surface area contributed by atoms with Crippen molar-refractivity contribution < 1.29 is 54.0 Å². The van der Waals surface area contributed by atoms with E-state index in [0.717, 1.165) is 0 Å². The molecular weight excluding hydrogens is 295 g/mol. The Morgan fingerprint density at radius 1 is 1.35 bits per heavy atom. The molecule has 1 atom stereocenters. The molecule has 0 fully saturated rings. The molecule has 20 heavy (non-hydrogen) atoms. The molecule has 0 spiro atoms.